The average Bonchev–Trinajstić information content (AvgIpc) is 3.34. The number of hydrogen-bond acceptors (Lipinski definition) is 6. The van der Waals surface area contributed by atoms with Gasteiger partial charge in [0, 0.05) is 56.4 Å². The lowest BCUT2D eigenvalue weighted by Gasteiger charge is -2.35. The highest BCUT2D eigenvalue weighted by Gasteiger charge is 2.23. The van der Waals surface area contributed by atoms with Gasteiger partial charge >= 0.3 is 6.03 Å². The fourth-order valence-corrected chi connectivity index (χ4v) is 3.57. The summed E-state index contributed by atoms with van der Waals surface area (Å²) < 4.78 is 12.5. The molecule has 4 rings (SSSR count). The molecule has 0 unspecified atom stereocenters. The molecule has 2 amide bonds. The Morgan fingerprint density at radius 2 is 1.61 bits per heavy atom. The second-order valence-electron chi connectivity index (χ2n) is 7.20. The van der Waals surface area contributed by atoms with Crippen molar-refractivity contribution in [3.63, 3.8) is 0 Å². The van der Waals surface area contributed by atoms with E-state index >= 15 is 0 Å². The lowest BCUT2D eigenvalue weighted by molar-refractivity contribution is 0.208. The molecule has 1 saturated heterocycles. The van der Waals surface area contributed by atoms with Gasteiger partial charge in [0.1, 0.15) is 17.5 Å². The summed E-state index contributed by atoms with van der Waals surface area (Å²) in [7, 11) is 3.15. The largest absolute Gasteiger partial charge is 0.493 e. The van der Waals surface area contributed by atoms with E-state index in [1.165, 1.54) is 0 Å². The minimum absolute atomic E-state index is 0.140. The van der Waals surface area contributed by atoms with Crippen LogP contribution in [0, 0.1) is 6.92 Å². The molecule has 0 radical (unpaired) electrons. The van der Waals surface area contributed by atoms with Crippen LogP contribution in [0.3, 0.4) is 0 Å². The summed E-state index contributed by atoms with van der Waals surface area (Å²) in [6, 6.07) is 11.1. The number of ether oxygens (including phenoxy) is 2. The monoisotopic (exact) mass is 422 g/mol. The Bertz CT molecular complexity index is 1050. The molecule has 31 heavy (non-hydrogen) atoms. The minimum Gasteiger partial charge on any atom is -0.493 e. The third kappa shape index (κ3) is 4.55. The zero-order valence-electron chi connectivity index (χ0n) is 17.9. The third-order valence-corrected chi connectivity index (χ3v) is 5.21. The van der Waals surface area contributed by atoms with Gasteiger partial charge in [-0.2, -0.15) is 0 Å². The Morgan fingerprint density at radius 1 is 0.935 bits per heavy atom. The molecule has 9 heteroatoms. The van der Waals surface area contributed by atoms with Gasteiger partial charge in [0.15, 0.2) is 11.5 Å². The van der Waals surface area contributed by atoms with E-state index in [-0.39, 0.29) is 6.03 Å². The van der Waals surface area contributed by atoms with Crippen molar-refractivity contribution in [3.05, 3.63) is 54.6 Å². The van der Waals surface area contributed by atoms with Gasteiger partial charge in [-0.15, -0.1) is 0 Å². The molecule has 1 aliphatic rings. The van der Waals surface area contributed by atoms with Crippen molar-refractivity contribution < 1.29 is 14.3 Å². The van der Waals surface area contributed by atoms with Crippen molar-refractivity contribution in [1.82, 2.24) is 19.4 Å². The number of amides is 2. The van der Waals surface area contributed by atoms with E-state index in [9.17, 15) is 4.79 Å². The number of benzene rings is 1. The number of rotatable bonds is 5. The number of methoxy groups -OCH3 is 2. The maximum absolute atomic E-state index is 12.7. The minimum atomic E-state index is -0.140. The Kier molecular flexibility index (Phi) is 5.92. The van der Waals surface area contributed by atoms with Crippen molar-refractivity contribution in [3.8, 4) is 17.3 Å². The second-order valence-corrected chi connectivity index (χ2v) is 7.20. The predicted octanol–water partition coefficient (Wildman–Crippen LogP) is 2.95. The van der Waals surface area contributed by atoms with E-state index < -0.39 is 0 Å². The fraction of sp³-hybridized carbons (Fsp3) is 0.318. The van der Waals surface area contributed by atoms with Crippen LogP contribution in [-0.2, 0) is 0 Å². The highest BCUT2D eigenvalue weighted by molar-refractivity contribution is 5.90. The lowest BCUT2D eigenvalue weighted by Crippen LogP contribution is -2.50. The van der Waals surface area contributed by atoms with Crippen LogP contribution in [0.1, 0.15) is 5.82 Å². The Labute approximate surface area is 181 Å². The number of piperazine rings is 1. The van der Waals surface area contributed by atoms with Crippen LogP contribution in [0.25, 0.3) is 5.82 Å². The fourth-order valence-electron chi connectivity index (χ4n) is 3.57. The number of hydrogen-bond donors (Lipinski definition) is 1. The number of nitrogens with zero attached hydrogens (tertiary/aromatic N) is 5. The van der Waals surface area contributed by atoms with E-state index in [1.54, 1.807) is 37.3 Å². The molecule has 0 atom stereocenters. The van der Waals surface area contributed by atoms with Gasteiger partial charge in [0.2, 0.25) is 0 Å². The second kappa shape index (κ2) is 8.95. The van der Waals surface area contributed by atoms with Gasteiger partial charge in [0.25, 0.3) is 0 Å². The summed E-state index contributed by atoms with van der Waals surface area (Å²) in [4.78, 5) is 25.8. The predicted molar refractivity (Wildman–Crippen MR) is 118 cm³/mol. The van der Waals surface area contributed by atoms with Crippen LogP contribution in [-0.4, -0.2) is 65.9 Å². The zero-order chi connectivity index (χ0) is 21.8. The summed E-state index contributed by atoms with van der Waals surface area (Å²) in [5.41, 5.74) is 0.660. The summed E-state index contributed by atoms with van der Waals surface area (Å²) >= 11 is 0. The molecule has 3 heterocycles. The van der Waals surface area contributed by atoms with Crippen molar-refractivity contribution >= 4 is 17.5 Å². The van der Waals surface area contributed by atoms with E-state index in [0.29, 0.717) is 43.4 Å². The summed E-state index contributed by atoms with van der Waals surface area (Å²) in [5, 5.41) is 2.93. The Hall–Kier alpha value is -3.75. The summed E-state index contributed by atoms with van der Waals surface area (Å²) in [6.45, 7) is 4.48. The maximum Gasteiger partial charge on any atom is 0.321 e. The molecule has 0 bridgehead atoms. The molecule has 3 aromatic rings. The van der Waals surface area contributed by atoms with Gasteiger partial charge in [-0.05, 0) is 31.2 Å². The van der Waals surface area contributed by atoms with E-state index in [0.717, 1.165) is 17.5 Å². The highest BCUT2D eigenvalue weighted by Crippen LogP contribution is 2.30. The first-order valence-electron chi connectivity index (χ1n) is 10.1. The van der Waals surface area contributed by atoms with Crippen molar-refractivity contribution in [1.29, 1.82) is 0 Å². The number of carbonyl (C=O) groups excluding carboxylic acids is 1. The van der Waals surface area contributed by atoms with Gasteiger partial charge in [-0.25, -0.2) is 14.8 Å². The molecule has 1 fully saturated rings. The first-order valence-corrected chi connectivity index (χ1v) is 10.1. The number of urea groups is 1. The molecule has 0 saturated carbocycles. The van der Waals surface area contributed by atoms with E-state index in [4.69, 9.17) is 9.47 Å². The number of carbonyl (C=O) groups is 1. The first-order chi connectivity index (χ1) is 15.1. The molecule has 0 spiro atoms. The molecule has 0 aliphatic carbocycles. The van der Waals surface area contributed by atoms with Crippen LogP contribution >= 0.6 is 0 Å². The highest BCUT2D eigenvalue weighted by atomic mass is 16.5. The number of aryl methyl sites for hydroxylation is 1. The van der Waals surface area contributed by atoms with E-state index in [1.807, 2.05) is 42.1 Å². The smallest absolute Gasteiger partial charge is 0.321 e. The standard InChI is InChI=1S/C22H26N6O3/c1-16-23-20(26-8-4-5-9-26)15-21(24-16)27-10-12-28(13-11-27)22(29)25-17-6-7-18(30-2)19(14-17)31-3/h4-9,14-15H,10-13H2,1-3H3,(H,25,29). The third-order valence-electron chi connectivity index (χ3n) is 5.21. The number of aromatic nitrogens is 3. The van der Waals surface area contributed by atoms with Crippen molar-refractivity contribution in [2.45, 2.75) is 6.92 Å². The van der Waals surface area contributed by atoms with Crippen LogP contribution in [0.15, 0.2) is 48.8 Å². The van der Waals surface area contributed by atoms with Gasteiger partial charge in [0.05, 0.1) is 14.2 Å². The van der Waals surface area contributed by atoms with Crippen LogP contribution < -0.4 is 19.7 Å². The number of anilines is 2. The quantitative estimate of drug-likeness (QED) is 0.681. The molecular weight excluding hydrogens is 396 g/mol. The number of nitrogens with one attached hydrogen (secondary N) is 1. The average molecular weight is 422 g/mol. The van der Waals surface area contributed by atoms with Crippen molar-refractivity contribution in [2.75, 3.05) is 50.6 Å². The summed E-state index contributed by atoms with van der Waals surface area (Å²) in [5.74, 6) is 3.61. The lowest BCUT2D eigenvalue weighted by atomic mass is 10.2. The Morgan fingerprint density at radius 3 is 2.29 bits per heavy atom. The first kappa shape index (κ1) is 20.5. The van der Waals surface area contributed by atoms with Crippen molar-refractivity contribution in [2.24, 2.45) is 0 Å². The van der Waals surface area contributed by atoms with E-state index in [2.05, 4.69) is 20.2 Å². The topological polar surface area (TPSA) is 84.8 Å². The van der Waals surface area contributed by atoms with Crippen LogP contribution in [0.4, 0.5) is 16.3 Å². The molecule has 1 aliphatic heterocycles. The van der Waals surface area contributed by atoms with Gasteiger partial charge in [-0.1, -0.05) is 0 Å². The maximum atomic E-state index is 12.7. The SMILES string of the molecule is COc1ccc(NC(=O)N2CCN(c3cc(-n4cccc4)nc(C)n3)CC2)cc1OC. The molecule has 9 nitrogen and oxygen atoms in total. The van der Waals surface area contributed by atoms with Crippen LogP contribution in [0.2, 0.25) is 0 Å². The Balaban J connectivity index is 1.39. The molecule has 2 aromatic heterocycles. The molecule has 1 N–H and O–H groups in total. The normalized spacial score (nSPS) is 13.8. The molecule has 162 valence electrons. The van der Waals surface area contributed by atoms with Gasteiger partial charge in [-0.3, -0.25) is 0 Å². The van der Waals surface area contributed by atoms with Gasteiger partial charge < -0.3 is 29.2 Å². The van der Waals surface area contributed by atoms with Crippen LogP contribution in [0.5, 0.6) is 11.5 Å². The summed E-state index contributed by atoms with van der Waals surface area (Å²) in [6.07, 6.45) is 3.92. The molecule has 1 aromatic carbocycles. The zero-order valence-corrected chi connectivity index (χ0v) is 17.9. The molecular formula is C22H26N6O3.